The van der Waals surface area contributed by atoms with Gasteiger partial charge in [0.05, 0.1) is 36.3 Å². The van der Waals surface area contributed by atoms with Gasteiger partial charge in [-0.15, -0.1) is 0 Å². The van der Waals surface area contributed by atoms with Gasteiger partial charge < -0.3 is 27.3 Å². The van der Waals surface area contributed by atoms with Crippen molar-refractivity contribution in [1.29, 1.82) is 0 Å². The number of fused-ring (bicyclic) bond motifs is 6. The van der Waals surface area contributed by atoms with Crippen molar-refractivity contribution >= 4 is 40.6 Å². The Kier molecular flexibility index (Phi) is 4.97. The first-order valence-corrected chi connectivity index (χ1v) is 12.1. The van der Waals surface area contributed by atoms with Crippen molar-refractivity contribution in [1.82, 2.24) is 8.96 Å². The average molecular weight is 534 g/mol. The summed E-state index contributed by atoms with van der Waals surface area (Å²) in [5.74, 6) is 1.74. The molecule has 5 heterocycles. The fraction of sp³-hybridized carbons (Fsp3) is 0.143. The maximum atomic E-state index is 16.3. The molecular weight excluding hydrogens is 515 g/mol. The second-order valence-corrected chi connectivity index (χ2v) is 9.30. The van der Waals surface area contributed by atoms with Crippen LogP contribution in [0.5, 0.6) is 5.75 Å². The summed E-state index contributed by atoms with van der Waals surface area (Å²) >= 11 is 0. The van der Waals surface area contributed by atoms with Crippen molar-refractivity contribution in [3.8, 4) is 17.1 Å². The molecule has 0 spiro atoms. The third-order valence-corrected chi connectivity index (χ3v) is 7.17. The van der Waals surface area contributed by atoms with Crippen LogP contribution in [0.15, 0.2) is 81.4 Å². The number of hydrogen-bond donors (Lipinski definition) is 0. The lowest BCUT2D eigenvalue weighted by Gasteiger charge is -2.22. The van der Waals surface area contributed by atoms with Crippen LogP contribution in [-0.4, -0.2) is 36.6 Å². The lowest BCUT2D eigenvalue weighted by atomic mass is 9.96. The van der Waals surface area contributed by atoms with Gasteiger partial charge in [-0.1, -0.05) is 6.08 Å². The number of hydrogen-bond acceptors (Lipinski definition) is 4. The highest BCUT2D eigenvalue weighted by atomic mass is 19.4. The topological polar surface area (TPSA) is 54.6 Å². The van der Waals surface area contributed by atoms with Crippen LogP contribution in [0.25, 0.3) is 44.7 Å². The second kappa shape index (κ2) is 8.23. The molecule has 0 saturated heterocycles. The van der Waals surface area contributed by atoms with Gasteiger partial charge in [-0.3, -0.25) is 4.32 Å². The van der Waals surface area contributed by atoms with Gasteiger partial charge >= 0.3 is 13.4 Å². The van der Waals surface area contributed by atoms with Gasteiger partial charge in [-0.25, -0.2) is 0 Å². The molecule has 5 aromatic rings. The highest BCUT2D eigenvalue weighted by Gasteiger charge is 2.45. The van der Waals surface area contributed by atoms with Gasteiger partial charge in [0, 0.05) is 29.8 Å². The molecule has 0 radical (unpaired) electrons. The van der Waals surface area contributed by atoms with E-state index in [2.05, 4.69) is 0 Å². The van der Waals surface area contributed by atoms with Gasteiger partial charge in [0.15, 0.2) is 11.2 Å². The molecule has 0 bridgehead atoms. The fourth-order valence-electron chi connectivity index (χ4n) is 5.32. The molecule has 4 aromatic heterocycles. The summed E-state index contributed by atoms with van der Waals surface area (Å²) in [5.41, 5.74) is 1.42. The van der Waals surface area contributed by atoms with E-state index < -0.39 is 19.0 Å². The predicted octanol–water partition coefficient (Wildman–Crippen LogP) is 5.52. The Labute approximate surface area is 218 Å². The van der Waals surface area contributed by atoms with Crippen molar-refractivity contribution in [2.45, 2.75) is 12.6 Å². The summed E-state index contributed by atoms with van der Waals surface area (Å²) in [6.07, 6.45) is 1.19. The number of methoxy groups -OCH3 is 2. The smallest absolute Gasteiger partial charge is 0.497 e. The molecule has 6 nitrogen and oxygen atoms in total. The average Bonchev–Trinajstić information content (AvgIpc) is 3.67. The largest absolute Gasteiger partial charge is 0.597 e. The number of alkyl halides is 3. The lowest BCUT2D eigenvalue weighted by Crippen LogP contribution is -2.44. The molecule has 39 heavy (non-hydrogen) atoms. The molecule has 1 aliphatic heterocycles. The third kappa shape index (κ3) is 3.49. The summed E-state index contributed by atoms with van der Waals surface area (Å²) in [5, 5.41) is -0.302. The molecule has 0 N–H and O–H groups in total. The van der Waals surface area contributed by atoms with Crippen molar-refractivity contribution in [2.75, 3.05) is 14.2 Å². The van der Waals surface area contributed by atoms with Crippen LogP contribution in [0, 0.1) is 0 Å². The first kappa shape index (κ1) is 23.6. The molecule has 1 aliphatic carbocycles. The standard InChI is InChI=1S/C28H19BF4N2O4/c1-36-17-7-3-15(4-8-17)23-11-19-25(38-23)13-21-27(28(30,31)32)22-14-26-20(35(22)29(33)34(19)21)12-24(39-26)16-5-9-18(37-2)10-6-16/h3-5,7-14H,6H2,1-2H3. The monoisotopic (exact) mass is 534 g/mol. The number of allylic oxidation sites excluding steroid dienone is 3. The minimum absolute atomic E-state index is 0.152. The van der Waals surface area contributed by atoms with E-state index in [9.17, 15) is 13.2 Å². The van der Waals surface area contributed by atoms with E-state index in [1.54, 1.807) is 56.7 Å². The highest BCUT2D eigenvalue weighted by molar-refractivity contribution is 6.51. The molecule has 196 valence electrons. The molecule has 11 heteroatoms. The van der Waals surface area contributed by atoms with Crippen LogP contribution in [0.1, 0.15) is 12.1 Å². The van der Waals surface area contributed by atoms with Gasteiger partial charge in [-0.05, 0) is 48.4 Å². The number of halogens is 4. The Morgan fingerprint density at radius 2 is 1.62 bits per heavy atom. The number of ether oxygens (including phenoxy) is 2. The Morgan fingerprint density at radius 3 is 2.28 bits per heavy atom. The maximum Gasteiger partial charge on any atom is 0.597 e. The van der Waals surface area contributed by atoms with E-state index in [0.717, 1.165) is 14.5 Å². The van der Waals surface area contributed by atoms with Crippen molar-refractivity contribution in [3.05, 3.63) is 89.0 Å². The van der Waals surface area contributed by atoms with Crippen LogP contribution in [0.2, 0.25) is 0 Å². The quantitative estimate of drug-likeness (QED) is 0.226. The summed E-state index contributed by atoms with van der Waals surface area (Å²) in [7, 11) is 1.15. The molecule has 1 aromatic carbocycles. The minimum atomic E-state index is -4.76. The normalized spacial score (nSPS) is 16.6. The Bertz CT molecular complexity index is 1970. The molecule has 0 fully saturated rings. The third-order valence-electron chi connectivity index (χ3n) is 7.17. The van der Waals surface area contributed by atoms with Crippen LogP contribution >= 0.6 is 0 Å². The molecule has 2 aliphatic rings. The zero-order valence-electron chi connectivity index (χ0n) is 20.7. The number of furan rings is 2. The number of rotatable bonds is 3. The van der Waals surface area contributed by atoms with Crippen molar-refractivity contribution in [3.63, 3.8) is 0 Å². The van der Waals surface area contributed by atoms with E-state index in [1.165, 1.54) is 12.1 Å². The summed E-state index contributed by atoms with van der Waals surface area (Å²) in [6, 6.07) is 12.6. The number of benzene rings is 1. The minimum Gasteiger partial charge on any atom is -0.497 e. The van der Waals surface area contributed by atoms with Gasteiger partial charge in [0.2, 0.25) is 0 Å². The SMILES string of the molecule is COC1=CCC(=c2cc3c(cc4n3B(F)n3c(cc5oc(-c6ccc(OC)cc6)cc53)C=4C(F)(F)F)o2)C=C1. The molecule has 0 atom stereocenters. The Balaban J connectivity index is 1.42. The van der Waals surface area contributed by atoms with E-state index in [1.807, 2.05) is 12.2 Å². The summed E-state index contributed by atoms with van der Waals surface area (Å²) < 4.78 is 83.9. The van der Waals surface area contributed by atoms with Crippen molar-refractivity contribution < 1.29 is 35.8 Å². The molecule has 7 rings (SSSR count). The second-order valence-electron chi connectivity index (χ2n) is 9.30. The Hall–Kier alpha value is -4.54. The maximum absolute atomic E-state index is 16.3. The van der Waals surface area contributed by atoms with Gasteiger partial charge in [-0.2, -0.15) is 13.2 Å². The Morgan fingerprint density at radius 1 is 0.872 bits per heavy atom. The number of nitrogens with zero attached hydrogens (tertiary/aromatic N) is 2. The predicted molar refractivity (Wildman–Crippen MR) is 138 cm³/mol. The number of aromatic nitrogens is 2. The summed E-state index contributed by atoms with van der Waals surface area (Å²) in [6.45, 7) is 0. The zero-order valence-corrected chi connectivity index (χ0v) is 20.7. The molecule has 0 unspecified atom stereocenters. The van der Waals surface area contributed by atoms with Crippen LogP contribution in [0.4, 0.5) is 17.5 Å². The van der Waals surface area contributed by atoms with Crippen LogP contribution < -0.4 is 15.5 Å². The van der Waals surface area contributed by atoms with E-state index >= 15 is 4.32 Å². The first-order valence-electron chi connectivity index (χ1n) is 12.1. The zero-order chi connectivity index (χ0) is 27.1. The summed E-state index contributed by atoms with van der Waals surface area (Å²) in [4.78, 5) is 0. The molecule has 0 amide bonds. The fourth-order valence-corrected chi connectivity index (χ4v) is 5.32. The molecule has 0 saturated carbocycles. The first-order chi connectivity index (χ1) is 18.8. The van der Waals surface area contributed by atoms with E-state index in [-0.39, 0.29) is 33.2 Å². The highest BCUT2D eigenvalue weighted by Crippen LogP contribution is 2.40. The van der Waals surface area contributed by atoms with E-state index in [0.29, 0.717) is 34.7 Å². The van der Waals surface area contributed by atoms with Gasteiger partial charge in [0.25, 0.3) is 0 Å². The van der Waals surface area contributed by atoms with Gasteiger partial charge in [0.1, 0.15) is 28.3 Å². The van der Waals surface area contributed by atoms with E-state index in [4.69, 9.17) is 18.3 Å². The lowest BCUT2D eigenvalue weighted by molar-refractivity contribution is -0.0700. The van der Waals surface area contributed by atoms with Crippen LogP contribution in [-0.2, 0) is 4.74 Å². The van der Waals surface area contributed by atoms with Crippen LogP contribution in [0.3, 0.4) is 0 Å². The molecular formula is C28H19BF4N2O4. The van der Waals surface area contributed by atoms with Crippen molar-refractivity contribution in [2.24, 2.45) is 0 Å².